The molecule has 1 atom stereocenters. The molecule has 2 amide bonds. The highest BCUT2D eigenvalue weighted by Gasteiger charge is 2.18. The smallest absolute Gasteiger partial charge is 0.322 e. The van der Waals surface area contributed by atoms with E-state index in [2.05, 4.69) is 48.5 Å². The Hall–Kier alpha value is -2.83. The van der Waals surface area contributed by atoms with Gasteiger partial charge in [-0.15, -0.1) is 0 Å². The van der Waals surface area contributed by atoms with Crippen LogP contribution in [0.4, 0.5) is 10.6 Å². The Balaban J connectivity index is 2.01. The van der Waals surface area contributed by atoms with Gasteiger partial charge in [0.25, 0.3) is 0 Å². The molecule has 2 N–H and O–H groups in total. The Bertz CT molecular complexity index is 752. The summed E-state index contributed by atoms with van der Waals surface area (Å²) in [5, 5.41) is 16.0. The second-order valence-corrected chi connectivity index (χ2v) is 6.82. The van der Waals surface area contributed by atoms with Gasteiger partial charge in [-0.1, -0.05) is 45.0 Å². The standard InChI is InChI=1S/C19H26N4O3/c1-13(2)16-7-5-15(6-8-16)12-23-17(9-10-20-23)21-19(26)22(4)11-14(3)18(24)25/h5-10,13-14H,11-12H2,1-4H3,(H,21,26)(H,24,25). The number of amides is 2. The van der Waals surface area contributed by atoms with Gasteiger partial charge >= 0.3 is 12.0 Å². The second-order valence-electron chi connectivity index (χ2n) is 6.82. The number of carboxylic acids is 1. The van der Waals surface area contributed by atoms with E-state index in [0.717, 1.165) is 5.56 Å². The molecule has 0 fully saturated rings. The van der Waals surface area contributed by atoms with Crippen LogP contribution in [0.3, 0.4) is 0 Å². The zero-order chi connectivity index (χ0) is 19.3. The lowest BCUT2D eigenvalue weighted by molar-refractivity contribution is -0.141. The van der Waals surface area contributed by atoms with E-state index in [9.17, 15) is 9.59 Å². The minimum Gasteiger partial charge on any atom is -0.481 e. The number of aliphatic carboxylic acids is 1. The van der Waals surface area contributed by atoms with Gasteiger partial charge in [0.1, 0.15) is 5.82 Å². The molecule has 1 aromatic carbocycles. The number of nitrogens with one attached hydrogen (secondary N) is 1. The fraction of sp³-hybridized carbons (Fsp3) is 0.421. The number of benzene rings is 1. The molecule has 1 aromatic heterocycles. The third-order valence-corrected chi connectivity index (χ3v) is 4.25. The van der Waals surface area contributed by atoms with Crippen LogP contribution in [-0.4, -0.2) is 45.4 Å². The van der Waals surface area contributed by atoms with Crippen LogP contribution in [0, 0.1) is 5.92 Å². The lowest BCUT2D eigenvalue weighted by Crippen LogP contribution is -2.37. The van der Waals surface area contributed by atoms with Crippen LogP contribution >= 0.6 is 0 Å². The first-order chi connectivity index (χ1) is 12.3. The van der Waals surface area contributed by atoms with Crippen molar-refractivity contribution >= 4 is 17.8 Å². The number of nitrogens with zero attached hydrogens (tertiary/aromatic N) is 3. The van der Waals surface area contributed by atoms with E-state index in [-0.39, 0.29) is 12.6 Å². The van der Waals surface area contributed by atoms with Crippen molar-refractivity contribution in [3.8, 4) is 0 Å². The largest absolute Gasteiger partial charge is 0.481 e. The summed E-state index contributed by atoms with van der Waals surface area (Å²) < 4.78 is 1.71. The average molecular weight is 358 g/mol. The Kier molecular flexibility index (Phi) is 6.38. The van der Waals surface area contributed by atoms with Crippen molar-refractivity contribution in [3.05, 3.63) is 47.7 Å². The minimum absolute atomic E-state index is 0.131. The van der Waals surface area contributed by atoms with E-state index in [1.807, 2.05) is 0 Å². The van der Waals surface area contributed by atoms with Crippen molar-refractivity contribution < 1.29 is 14.7 Å². The fourth-order valence-electron chi connectivity index (χ4n) is 2.52. The number of urea groups is 1. The SMILES string of the molecule is CC(CN(C)C(=O)Nc1ccnn1Cc1ccc(C(C)C)cc1)C(=O)O. The maximum atomic E-state index is 12.3. The molecule has 0 spiro atoms. The lowest BCUT2D eigenvalue weighted by Gasteiger charge is -2.20. The van der Waals surface area contributed by atoms with Crippen molar-refractivity contribution in [2.75, 3.05) is 18.9 Å². The molecule has 2 rings (SSSR count). The van der Waals surface area contributed by atoms with E-state index in [4.69, 9.17) is 5.11 Å². The van der Waals surface area contributed by atoms with Gasteiger partial charge in [-0.3, -0.25) is 10.1 Å². The van der Waals surface area contributed by atoms with Crippen LogP contribution in [0.1, 0.15) is 37.8 Å². The second kappa shape index (κ2) is 8.51. The summed E-state index contributed by atoms with van der Waals surface area (Å²) in [5.41, 5.74) is 2.36. The third-order valence-electron chi connectivity index (χ3n) is 4.25. The monoisotopic (exact) mass is 358 g/mol. The molecule has 1 heterocycles. The van der Waals surface area contributed by atoms with Crippen LogP contribution in [-0.2, 0) is 11.3 Å². The van der Waals surface area contributed by atoms with Crippen molar-refractivity contribution in [1.29, 1.82) is 0 Å². The first-order valence-electron chi connectivity index (χ1n) is 8.63. The highest BCUT2D eigenvalue weighted by molar-refractivity contribution is 5.88. The number of carbonyl (C=O) groups is 2. The molecule has 0 saturated carbocycles. The summed E-state index contributed by atoms with van der Waals surface area (Å²) in [5.74, 6) is -0.514. The zero-order valence-electron chi connectivity index (χ0n) is 15.6. The predicted molar refractivity (Wildman–Crippen MR) is 100 cm³/mol. The molecule has 0 saturated heterocycles. The summed E-state index contributed by atoms with van der Waals surface area (Å²) >= 11 is 0. The Morgan fingerprint density at radius 2 is 1.85 bits per heavy atom. The molecule has 0 bridgehead atoms. The summed E-state index contributed by atoms with van der Waals surface area (Å²) in [6.07, 6.45) is 1.62. The Morgan fingerprint density at radius 1 is 1.19 bits per heavy atom. The summed E-state index contributed by atoms with van der Waals surface area (Å²) in [4.78, 5) is 24.6. The number of anilines is 1. The van der Waals surface area contributed by atoms with E-state index in [0.29, 0.717) is 18.3 Å². The van der Waals surface area contributed by atoms with Crippen LogP contribution in [0.2, 0.25) is 0 Å². The van der Waals surface area contributed by atoms with Gasteiger partial charge in [0.15, 0.2) is 0 Å². The molecule has 2 aromatic rings. The Labute approximate surface area is 153 Å². The van der Waals surface area contributed by atoms with Crippen LogP contribution < -0.4 is 5.32 Å². The molecule has 140 valence electrons. The molecule has 26 heavy (non-hydrogen) atoms. The van der Waals surface area contributed by atoms with Crippen molar-refractivity contribution in [2.24, 2.45) is 5.92 Å². The number of carbonyl (C=O) groups excluding carboxylic acids is 1. The predicted octanol–water partition coefficient (Wildman–Crippen LogP) is 3.24. The van der Waals surface area contributed by atoms with E-state index in [1.165, 1.54) is 10.5 Å². The van der Waals surface area contributed by atoms with Gasteiger partial charge in [-0.2, -0.15) is 5.10 Å². The van der Waals surface area contributed by atoms with Gasteiger partial charge in [0.05, 0.1) is 18.7 Å². The van der Waals surface area contributed by atoms with Crippen LogP contribution in [0.25, 0.3) is 0 Å². The topological polar surface area (TPSA) is 87.5 Å². The molecule has 0 radical (unpaired) electrons. The van der Waals surface area contributed by atoms with Gasteiger partial charge in [0, 0.05) is 19.7 Å². The summed E-state index contributed by atoms with van der Waals surface area (Å²) in [6.45, 7) is 6.54. The molecule has 0 aliphatic carbocycles. The maximum Gasteiger partial charge on any atom is 0.322 e. The van der Waals surface area contributed by atoms with E-state index >= 15 is 0 Å². The number of aromatic nitrogens is 2. The summed E-state index contributed by atoms with van der Waals surface area (Å²) in [7, 11) is 1.57. The van der Waals surface area contributed by atoms with Gasteiger partial charge in [-0.25, -0.2) is 9.48 Å². The van der Waals surface area contributed by atoms with Gasteiger partial charge < -0.3 is 10.0 Å². The van der Waals surface area contributed by atoms with Gasteiger partial charge in [0.2, 0.25) is 0 Å². The molecule has 0 aliphatic heterocycles. The molecule has 1 unspecified atom stereocenters. The number of hydrogen-bond acceptors (Lipinski definition) is 3. The number of hydrogen-bond donors (Lipinski definition) is 2. The Morgan fingerprint density at radius 3 is 2.42 bits per heavy atom. The molecule has 7 heteroatoms. The molecular formula is C19H26N4O3. The van der Waals surface area contributed by atoms with E-state index < -0.39 is 11.9 Å². The molecule has 0 aliphatic rings. The quantitative estimate of drug-likeness (QED) is 0.795. The molecule has 7 nitrogen and oxygen atoms in total. The third kappa shape index (κ3) is 5.08. The van der Waals surface area contributed by atoms with Crippen molar-refractivity contribution in [1.82, 2.24) is 14.7 Å². The normalized spacial score (nSPS) is 12.0. The zero-order valence-corrected chi connectivity index (χ0v) is 15.6. The minimum atomic E-state index is -0.931. The van der Waals surface area contributed by atoms with Crippen LogP contribution in [0.5, 0.6) is 0 Å². The summed E-state index contributed by atoms with van der Waals surface area (Å²) in [6, 6.07) is 9.67. The first kappa shape index (κ1) is 19.5. The average Bonchev–Trinajstić information content (AvgIpc) is 3.01. The first-order valence-corrected chi connectivity index (χ1v) is 8.63. The molecular weight excluding hydrogens is 332 g/mol. The highest BCUT2D eigenvalue weighted by Crippen LogP contribution is 2.16. The maximum absolute atomic E-state index is 12.3. The highest BCUT2D eigenvalue weighted by atomic mass is 16.4. The van der Waals surface area contributed by atoms with Crippen LogP contribution in [0.15, 0.2) is 36.5 Å². The van der Waals surface area contributed by atoms with Crippen molar-refractivity contribution in [3.63, 3.8) is 0 Å². The lowest BCUT2D eigenvalue weighted by atomic mass is 10.0. The number of carboxylic acid groups (broad SMARTS) is 1. The van der Waals surface area contributed by atoms with Gasteiger partial charge in [-0.05, 0) is 17.0 Å². The van der Waals surface area contributed by atoms with E-state index in [1.54, 1.807) is 30.9 Å². The number of rotatable bonds is 7. The fourth-order valence-corrected chi connectivity index (χ4v) is 2.52. The van der Waals surface area contributed by atoms with Crippen molar-refractivity contribution in [2.45, 2.75) is 33.2 Å².